The number of rotatable bonds is 3. The number of ether oxygens (including phenoxy) is 1. The lowest BCUT2D eigenvalue weighted by molar-refractivity contribution is -0.0259. The number of carbonyl (C=O) groups excluding carboxylic acids is 1. The molecule has 1 amide bonds. The van der Waals surface area contributed by atoms with Gasteiger partial charge in [-0.1, -0.05) is 30.3 Å². The van der Waals surface area contributed by atoms with Gasteiger partial charge in [-0.2, -0.15) is 0 Å². The molecule has 1 fully saturated rings. The van der Waals surface area contributed by atoms with Crippen LogP contribution in [0, 0.1) is 0 Å². The van der Waals surface area contributed by atoms with E-state index in [1.54, 1.807) is 0 Å². The van der Waals surface area contributed by atoms with Crippen LogP contribution >= 0.6 is 0 Å². The van der Waals surface area contributed by atoms with Crippen molar-refractivity contribution >= 4 is 6.09 Å². The van der Waals surface area contributed by atoms with Crippen LogP contribution in [-0.2, 0) is 11.3 Å². The van der Waals surface area contributed by atoms with E-state index in [1.165, 1.54) is 5.56 Å². The highest BCUT2D eigenvalue weighted by Gasteiger charge is 2.34. The third kappa shape index (κ3) is 5.34. The SMILES string of the molecule is CC(C)(C)NC(=O)OC1(C)CCN(Cc2ccccc2)CC1. The van der Waals surface area contributed by atoms with Gasteiger partial charge in [0, 0.05) is 25.2 Å². The van der Waals surface area contributed by atoms with Gasteiger partial charge in [0.2, 0.25) is 0 Å². The zero-order valence-corrected chi connectivity index (χ0v) is 14.2. The number of carbonyl (C=O) groups is 1. The zero-order chi connectivity index (χ0) is 16.2. The summed E-state index contributed by atoms with van der Waals surface area (Å²) in [7, 11) is 0. The Morgan fingerprint density at radius 3 is 2.36 bits per heavy atom. The molecule has 0 unspecified atom stereocenters. The van der Waals surface area contributed by atoms with Gasteiger partial charge in [-0.3, -0.25) is 4.90 Å². The van der Waals surface area contributed by atoms with E-state index < -0.39 is 0 Å². The predicted molar refractivity (Wildman–Crippen MR) is 88.7 cm³/mol. The molecule has 0 aromatic heterocycles. The molecule has 1 aliphatic heterocycles. The Balaban J connectivity index is 1.81. The minimum absolute atomic E-state index is 0.262. The first-order valence-corrected chi connectivity index (χ1v) is 8.03. The third-order valence-corrected chi connectivity index (χ3v) is 3.98. The molecule has 122 valence electrons. The number of piperidine rings is 1. The van der Waals surface area contributed by atoms with Crippen molar-refractivity contribution in [2.45, 2.75) is 58.2 Å². The van der Waals surface area contributed by atoms with Crippen LogP contribution in [0.1, 0.15) is 46.1 Å². The standard InChI is InChI=1S/C18H28N2O2/c1-17(2,3)19-16(21)22-18(4)10-12-20(13-11-18)14-15-8-6-5-7-9-15/h5-9H,10-14H2,1-4H3,(H,19,21). The predicted octanol–water partition coefficient (Wildman–Crippen LogP) is 3.57. The number of hydrogen-bond acceptors (Lipinski definition) is 3. The molecule has 2 rings (SSSR count). The molecule has 1 saturated heterocycles. The Morgan fingerprint density at radius 2 is 1.82 bits per heavy atom. The van der Waals surface area contributed by atoms with Crippen LogP contribution < -0.4 is 5.32 Å². The van der Waals surface area contributed by atoms with Gasteiger partial charge in [0.25, 0.3) is 0 Å². The van der Waals surface area contributed by atoms with Crippen molar-refractivity contribution in [1.82, 2.24) is 10.2 Å². The van der Waals surface area contributed by atoms with Crippen LogP contribution in [0.25, 0.3) is 0 Å². The molecule has 1 N–H and O–H groups in total. The minimum Gasteiger partial charge on any atom is -0.443 e. The third-order valence-electron chi connectivity index (χ3n) is 3.98. The van der Waals surface area contributed by atoms with Crippen LogP contribution in [0.2, 0.25) is 0 Å². The number of likely N-dealkylation sites (tertiary alicyclic amines) is 1. The first kappa shape index (κ1) is 16.8. The van der Waals surface area contributed by atoms with Crippen molar-refractivity contribution in [1.29, 1.82) is 0 Å². The molecule has 1 aliphatic rings. The quantitative estimate of drug-likeness (QED) is 0.928. The lowest BCUT2D eigenvalue weighted by Gasteiger charge is -2.39. The van der Waals surface area contributed by atoms with E-state index in [0.717, 1.165) is 32.5 Å². The maximum atomic E-state index is 12.0. The number of amides is 1. The van der Waals surface area contributed by atoms with Gasteiger partial charge in [0.05, 0.1) is 0 Å². The molecule has 4 nitrogen and oxygen atoms in total. The number of nitrogens with one attached hydrogen (secondary N) is 1. The first-order chi connectivity index (χ1) is 10.3. The van der Waals surface area contributed by atoms with Gasteiger partial charge < -0.3 is 10.1 Å². The second-order valence-electron chi connectivity index (χ2n) is 7.48. The summed E-state index contributed by atoms with van der Waals surface area (Å²) in [4.78, 5) is 14.4. The monoisotopic (exact) mass is 304 g/mol. The summed E-state index contributed by atoms with van der Waals surface area (Å²) >= 11 is 0. The van der Waals surface area contributed by atoms with E-state index in [9.17, 15) is 4.79 Å². The highest BCUT2D eigenvalue weighted by molar-refractivity contribution is 5.68. The van der Waals surface area contributed by atoms with Crippen molar-refractivity contribution < 1.29 is 9.53 Å². The van der Waals surface area contributed by atoms with Crippen molar-refractivity contribution in [3.63, 3.8) is 0 Å². The van der Waals surface area contributed by atoms with E-state index >= 15 is 0 Å². The average molecular weight is 304 g/mol. The molecule has 0 bridgehead atoms. The van der Waals surface area contributed by atoms with Crippen LogP contribution in [0.3, 0.4) is 0 Å². The molecule has 0 spiro atoms. The normalized spacial score (nSPS) is 18.7. The summed E-state index contributed by atoms with van der Waals surface area (Å²) in [5.41, 5.74) is 0.710. The fourth-order valence-corrected chi connectivity index (χ4v) is 2.68. The van der Waals surface area contributed by atoms with Gasteiger partial charge in [-0.25, -0.2) is 4.79 Å². The van der Waals surface area contributed by atoms with Crippen molar-refractivity contribution in [3.05, 3.63) is 35.9 Å². The van der Waals surface area contributed by atoms with E-state index in [1.807, 2.05) is 33.8 Å². The van der Waals surface area contributed by atoms with Crippen LogP contribution in [0.15, 0.2) is 30.3 Å². The van der Waals surface area contributed by atoms with Crippen LogP contribution in [-0.4, -0.2) is 35.2 Å². The molecular weight excluding hydrogens is 276 g/mol. The van der Waals surface area contributed by atoms with E-state index in [-0.39, 0.29) is 17.2 Å². The Bertz CT molecular complexity index is 486. The second kappa shape index (κ2) is 6.69. The van der Waals surface area contributed by atoms with Gasteiger partial charge in [-0.15, -0.1) is 0 Å². The minimum atomic E-state index is -0.359. The Labute approximate surface area is 133 Å². The largest absolute Gasteiger partial charge is 0.443 e. The van der Waals surface area contributed by atoms with E-state index in [0.29, 0.717) is 0 Å². The summed E-state index contributed by atoms with van der Waals surface area (Å²) in [6.07, 6.45) is 1.43. The Hall–Kier alpha value is -1.55. The molecule has 0 radical (unpaired) electrons. The average Bonchev–Trinajstić information content (AvgIpc) is 2.40. The molecule has 22 heavy (non-hydrogen) atoms. The molecular formula is C18H28N2O2. The molecule has 1 aromatic rings. The van der Waals surface area contributed by atoms with Crippen molar-refractivity contribution in [3.8, 4) is 0 Å². The smallest absolute Gasteiger partial charge is 0.408 e. The Kier molecular flexibility index (Phi) is 5.12. The second-order valence-corrected chi connectivity index (χ2v) is 7.48. The number of benzene rings is 1. The number of alkyl carbamates (subject to hydrolysis) is 1. The lowest BCUT2D eigenvalue weighted by atomic mass is 9.93. The summed E-state index contributed by atoms with van der Waals surface area (Å²) < 4.78 is 5.68. The topological polar surface area (TPSA) is 41.6 Å². The molecule has 4 heteroatoms. The molecule has 1 heterocycles. The van der Waals surface area contributed by atoms with E-state index in [4.69, 9.17) is 4.74 Å². The summed E-state index contributed by atoms with van der Waals surface area (Å²) in [5, 5.41) is 2.87. The van der Waals surface area contributed by atoms with Crippen LogP contribution in [0.5, 0.6) is 0 Å². The van der Waals surface area contributed by atoms with Crippen molar-refractivity contribution in [2.24, 2.45) is 0 Å². The highest BCUT2D eigenvalue weighted by atomic mass is 16.6. The first-order valence-electron chi connectivity index (χ1n) is 8.03. The fraction of sp³-hybridized carbons (Fsp3) is 0.611. The van der Waals surface area contributed by atoms with Gasteiger partial charge in [-0.05, 0) is 46.1 Å². The Morgan fingerprint density at radius 1 is 1.23 bits per heavy atom. The molecule has 0 aliphatic carbocycles. The summed E-state index contributed by atoms with van der Waals surface area (Å²) in [6, 6.07) is 10.5. The highest BCUT2D eigenvalue weighted by Crippen LogP contribution is 2.27. The maximum absolute atomic E-state index is 12.0. The van der Waals surface area contributed by atoms with Crippen molar-refractivity contribution in [2.75, 3.05) is 13.1 Å². The van der Waals surface area contributed by atoms with E-state index in [2.05, 4.69) is 34.5 Å². The zero-order valence-electron chi connectivity index (χ0n) is 14.2. The molecule has 0 atom stereocenters. The van der Waals surface area contributed by atoms with Gasteiger partial charge in [0.15, 0.2) is 0 Å². The molecule has 0 saturated carbocycles. The maximum Gasteiger partial charge on any atom is 0.408 e. The lowest BCUT2D eigenvalue weighted by Crippen LogP contribution is -2.49. The van der Waals surface area contributed by atoms with Gasteiger partial charge in [0.1, 0.15) is 5.60 Å². The fourth-order valence-electron chi connectivity index (χ4n) is 2.68. The van der Waals surface area contributed by atoms with Gasteiger partial charge >= 0.3 is 6.09 Å². The number of nitrogens with zero attached hydrogens (tertiary/aromatic N) is 1. The summed E-state index contributed by atoms with van der Waals surface area (Å²) in [6.45, 7) is 10.8. The molecule has 1 aromatic carbocycles. The number of hydrogen-bond donors (Lipinski definition) is 1. The summed E-state index contributed by atoms with van der Waals surface area (Å²) in [5.74, 6) is 0. The van der Waals surface area contributed by atoms with Crippen LogP contribution in [0.4, 0.5) is 4.79 Å².